The Labute approximate surface area is 114 Å². The average Bonchev–Trinajstić information content (AvgIpc) is 2.58. The summed E-state index contributed by atoms with van der Waals surface area (Å²) in [5.41, 5.74) is 2.05. The third-order valence-electron chi connectivity index (χ3n) is 2.87. The highest BCUT2D eigenvalue weighted by molar-refractivity contribution is 6.30. The van der Waals surface area contributed by atoms with E-state index in [9.17, 15) is 0 Å². The number of hydrogen-bond donors (Lipinski definition) is 0. The number of aromatic nitrogens is 2. The van der Waals surface area contributed by atoms with Gasteiger partial charge in [0.25, 0.3) is 0 Å². The number of ether oxygens (including phenoxy) is 2. The first-order valence-corrected chi connectivity index (χ1v) is 6.36. The zero-order chi connectivity index (χ0) is 13.5. The molecule has 1 heterocycles. The molecule has 0 radical (unpaired) electrons. The van der Waals surface area contributed by atoms with Crippen molar-refractivity contribution in [1.29, 1.82) is 0 Å². The molecule has 104 valence electrons. The maximum atomic E-state index is 6.24. The van der Waals surface area contributed by atoms with Gasteiger partial charge in [-0.05, 0) is 6.92 Å². The van der Waals surface area contributed by atoms with Gasteiger partial charge in [0.15, 0.2) is 0 Å². The summed E-state index contributed by atoms with van der Waals surface area (Å²) in [5.74, 6) is 0. The molecule has 18 heavy (non-hydrogen) atoms. The minimum absolute atomic E-state index is 0.695. The van der Waals surface area contributed by atoms with Crippen LogP contribution in [-0.2, 0) is 23.1 Å². The lowest BCUT2D eigenvalue weighted by Gasteiger charge is -2.21. The number of hydrogen-bond acceptors (Lipinski definition) is 4. The first-order valence-electron chi connectivity index (χ1n) is 5.98. The van der Waals surface area contributed by atoms with E-state index in [0.29, 0.717) is 18.4 Å². The molecule has 0 aliphatic rings. The van der Waals surface area contributed by atoms with Crippen molar-refractivity contribution in [3.05, 3.63) is 16.4 Å². The Morgan fingerprint density at radius 2 is 1.78 bits per heavy atom. The van der Waals surface area contributed by atoms with E-state index >= 15 is 0 Å². The first kappa shape index (κ1) is 15.4. The summed E-state index contributed by atoms with van der Waals surface area (Å²) in [4.78, 5) is 2.25. The molecule has 5 nitrogen and oxygen atoms in total. The van der Waals surface area contributed by atoms with E-state index in [-0.39, 0.29) is 0 Å². The molecule has 0 aliphatic heterocycles. The maximum absolute atomic E-state index is 6.24. The van der Waals surface area contributed by atoms with Crippen LogP contribution in [0.1, 0.15) is 11.3 Å². The van der Waals surface area contributed by atoms with Crippen LogP contribution in [0, 0.1) is 6.92 Å². The summed E-state index contributed by atoms with van der Waals surface area (Å²) < 4.78 is 11.9. The molecule has 0 aliphatic carbocycles. The summed E-state index contributed by atoms with van der Waals surface area (Å²) in [7, 11) is 5.26. The third kappa shape index (κ3) is 4.24. The van der Waals surface area contributed by atoms with Crippen LogP contribution >= 0.6 is 11.6 Å². The standard InChI is InChI=1S/C12H22ClN3O2/c1-10-11(12(13)15(2)14-10)9-16(5-7-17-3)6-8-18-4/h5-9H2,1-4H3. The van der Waals surface area contributed by atoms with Crippen LogP contribution in [0.3, 0.4) is 0 Å². The first-order chi connectivity index (χ1) is 8.60. The normalized spacial score (nSPS) is 11.4. The van der Waals surface area contributed by atoms with Gasteiger partial charge in [0.1, 0.15) is 5.15 Å². The van der Waals surface area contributed by atoms with Crippen LogP contribution in [0.15, 0.2) is 0 Å². The van der Waals surface area contributed by atoms with Gasteiger partial charge < -0.3 is 9.47 Å². The number of nitrogens with zero attached hydrogens (tertiary/aromatic N) is 3. The topological polar surface area (TPSA) is 39.5 Å². The molecule has 0 atom stereocenters. The van der Waals surface area contributed by atoms with Gasteiger partial charge in [-0.2, -0.15) is 5.10 Å². The summed E-state index contributed by atoms with van der Waals surface area (Å²) in [6.45, 7) is 5.84. The van der Waals surface area contributed by atoms with Crippen LogP contribution in [0.2, 0.25) is 5.15 Å². The summed E-state index contributed by atoms with van der Waals surface area (Å²) in [6, 6.07) is 0. The van der Waals surface area contributed by atoms with E-state index in [1.165, 1.54) is 0 Å². The van der Waals surface area contributed by atoms with Crippen molar-refractivity contribution >= 4 is 11.6 Å². The molecule has 0 saturated carbocycles. The van der Waals surface area contributed by atoms with E-state index in [1.807, 2.05) is 14.0 Å². The van der Waals surface area contributed by atoms with Gasteiger partial charge >= 0.3 is 0 Å². The number of methoxy groups -OCH3 is 2. The lowest BCUT2D eigenvalue weighted by atomic mass is 10.2. The van der Waals surface area contributed by atoms with Crippen molar-refractivity contribution in [2.45, 2.75) is 13.5 Å². The largest absolute Gasteiger partial charge is 0.383 e. The third-order valence-corrected chi connectivity index (χ3v) is 3.35. The van der Waals surface area contributed by atoms with Gasteiger partial charge in [0.05, 0.1) is 18.9 Å². The second-order valence-electron chi connectivity index (χ2n) is 4.24. The molecule has 0 N–H and O–H groups in total. The van der Waals surface area contributed by atoms with Crippen molar-refractivity contribution in [1.82, 2.24) is 14.7 Å². The fourth-order valence-electron chi connectivity index (χ4n) is 1.79. The number of aryl methyl sites for hydroxylation is 2. The van der Waals surface area contributed by atoms with Gasteiger partial charge in [-0.1, -0.05) is 11.6 Å². The predicted molar refractivity (Wildman–Crippen MR) is 72.0 cm³/mol. The summed E-state index contributed by atoms with van der Waals surface area (Å²) >= 11 is 6.24. The lowest BCUT2D eigenvalue weighted by Crippen LogP contribution is -2.30. The van der Waals surface area contributed by atoms with Crippen LogP contribution in [0.25, 0.3) is 0 Å². The highest BCUT2D eigenvalue weighted by Gasteiger charge is 2.15. The predicted octanol–water partition coefficient (Wildman–Crippen LogP) is 1.48. The minimum atomic E-state index is 0.695. The van der Waals surface area contributed by atoms with Crippen LogP contribution < -0.4 is 0 Å². The average molecular weight is 276 g/mol. The van der Waals surface area contributed by atoms with Crippen LogP contribution in [-0.4, -0.2) is 55.2 Å². The van der Waals surface area contributed by atoms with Crippen LogP contribution in [0.5, 0.6) is 0 Å². The van der Waals surface area contributed by atoms with Gasteiger partial charge in [0, 0.05) is 46.5 Å². The van der Waals surface area contributed by atoms with Crippen molar-refractivity contribution < 1.29 is 9.47 Å². The fraction of sp³-hybridized carbons (Fsp3) is 0.750. The van der Waals surface area contributed by atoms with E-state index < -0.39 is 0 Å². The Bertz CT molecular complexity index is 360. The Morgan fingerprint density at radius 3 is 2.17 bits per heavy atom. The Hall–Kier alpha value is -0.620. The van der Waals surface area contributed by atoms with E-state index in [4.69, 9.17) is 21.1 Å². The van der Waals surface area contributed by atoms with E-state index in [2.05, 4.69) is 10.00 Å². The van der Waals surface area contributed by atoms with Gasteiger partial charge in [-0.3, -0.25) is 9.58 Å². The highest BCUT2D eigenvalue weighted by Crippen LogP contribution is 2.20. The quantitative estimate of drug-likeness (QED) is 0.720. The van der Waals surface area contributed by atoms with E-state index in [1.54, 1.807) is 18.9 Å². The molecule has 1 rings (SSSR count). The summed E-state index contributed by atoms with van der Waals surface area (Å²) in [5, 5.41) is 5.02. The molecule has 0 amide bonds. The van der Waals surface area contributed by atoms with Crippen molar-refractivity contribution in [3.63, 3.8) is 0 Å². The molecule has 0 saturated heterocycles. The Kier molecular flexibility index (Phi) is 6.63. The van der Waals surface area contributed by atoms with E-state index in [0.717, 1.165) is 30.9 Å². The second-order valence-corrected chi connectivity index (χ2v) is 4.60. The molecule has 0 aromatic carbocycles. The zero-order valence-electron chi connectivity index (χ0n) is 11.6. The van der Waals surface area contributed by atoms with Gasteiger partial charge in [-0.25, -0.2) is 0 Å². The Balaban J connectivity index is 2.68. The fourth-order valence-corrected chi connectivity index (χ4v) is 2.02. The summed E-state index contributed by atoms with van der Waals surface area (Å²) in [6.07, 6.45) is 0. The molecular formula is C12H22ClN3O2. The van der Waals surface area contributed by atoms with Gasteiger partial charge in [-0.15, -0.1) is 0 Å². The molecule has 6 heteroatoms. The second kappa shape index (κ2) is 7.74. The van der Waals surface area contributed by atoms with Gasteiger partial charge in [0.2, 0.25) is 0 Å². The van der Waals surface area contributed by atoms with Crippen molar-refractivity contribution in [3.8, 4) is 0 Å². The lowest BCUT2D eigenvalue weighted by molar-refractivity contribution is 0.110. The smallest absolute Gasteiger partial charge is 0.131 e. The number of halogens is 1. The molecule has 0 fully saturated rings. The minimum Gasteiger partial charge on any atom is -0.383 e. The molecule has 0 spiro atoms. The molecule has 0 bridgehead atoms. The van der Waals surface area contributed by atoms with Crippen molar-refractivity contribution in [2.24, 2.45) is 7.05 Å². The maximum Gasteiger partial charge on any atom is 0.131 e. The molecule has 1 aromatic rings. The molecular weight excluding hydrogens is 254 g/mol. The number of rotatable bonds is 8. The van der Waals surface area contributed by atoms with Crippen molar-refractivity contribution in [2.75, 3.05) is 40.5 Å². The Morgan fingerprint density at radius 1 is 1.22 bits per heavy atom. The molecule has 1 aromatic heterocycles. The highest BCUT2D eigenvalue weighted by atomic mass is 35.5. The SMILES string of the molecule is COCCN(CCOC)Cc1c(C)nn(C)c1Cl. The molecule has 0 unspecified atom stereocenters. The van der Waals surface area contributed by atoms with Crippen LogP contribution in [0.4, 0.5) is 0 Å². The monoisotopic (exact) mass is 275 g/mol. The zero-order valence-corrected chi connectivity index (χ0v) is 12.3.